The molecule has 35 heavy (non-hydrogen) atoms. The van der Waals surface area contributed by atoms with Crippen molar-refractivity contribution >= 4 is 33.2 Å². The van der Waals surface area contributed by atoms with Crippen LogP contribution in [-0.2, 0) is 20.0 Å². The van der Waals surface area contributed by atoms with Gasteiger partial charge in [0.25, 0.3) is 5.91 Å². The minimum absolute atomic E-state index is 0.0703. The molecule has 0 bridgehead atoms. The number of carbonyl (C=O) groups excluding carboxylic acids is 2. The average molecular weight is 498 g/mol. The molecule has 1 aromatic heterocycles. The summed E-state index contributed by atoms with van der Waals surface area (Å²) in [6, 6.07) is 8.82. The summed E-state index contributed by atoms with van der Waals surface area (Å²) >= 11 is 0. The van der Waals surface area contributed by atoms with Crippen molar-refractivity contribution in [3.05, 3.63) is 47.7 Å². The first-order valence-corrected chi connectivity index (χ1v) is 13.9. The van der Waals surface area contributed by atoms with Gasteiger partial charge in [0, 0.05) is 23.4 Å². The van der Waals surface area contributed by atoms with Crippen LogP contribution in [0, 0.1) is 5.92 Å². The SMILES string of the molecule is CC1(NC(=O)c2ccc3c(c2)C(C)(C)C(=O)N3c2cc(OCC3CC3)ccn2)CCS(=O)(=O)CC1. The summed E-state index contributed by atoms with van der Waals surface area (Å²) in [4.78, 5) is 32.6. The molecule has 0 radical (unpaired) electrons. The molecule has 9 heteroatoms. The molecule has 186 valence electrons. The van der Waals surface area contributed by atoms with E-state index in [9.17, 15) is 18.0 Å². The quantitative estimate of drug-likeness (QED) is 0.655. The molecule has 0 unspecified atom stereocenters. The van der Waals surface area contributed by atoms with Crippen molar-refractivity contribution in [1.29, 1.82) is 0 Å². The maximum atomic E-state index is 13.5. The minimum atomic E-state index is -3.03. The van der Waals surface area contributed by atoms with Crippen LogP contribution in [0.1, 0.15) is 62.4 Å². The zero-order valence-electron chi connectivity index (χ0n) is 20.3. The Morgan fingerprint density at radius 1 is 1.14 bits per heavy atom. The van der Waals surface area contributed by atoms with Gasteiger partial charge in [-0.05, 0) is 82.2 Å². The second-order valence-corrected chi connectivity index (χ2v) is 13.1. The summed E-state index contributed by atoms with van der Waals surface area (Å²) in [6.07, 6.45) is 4.79. The third-order valence-corrected chi connectivity index (χ3v) is 9.04. The van der Waals surface area contributed by atoms with Crippen LogP contribution in [0.4, 0.5) is 11.5 Å². The largest absolute Gasteiger partial charge is 0.493 e. The van der Waals surface area contributed by atoms with E-state index in [-0.39, 0.29) is 23.3 Å². The van der Waals surface area contributed by atoms with Gasteiger partial charge in [-0.1, -0.05) is 0 Å². The second kappa shape index (κ2) is 8.33. The van der Waals surface area contributed by atoms with E-state index in [2.05, 4.69) is 10.3 Å². The number of carbonyl (C=O) groups is 2. The number of benzene rings is 1. The van der Waals surface area contributed by atoms with Crippen molar-refractivity contribution in [3.63, 3.8) is 0 Å². The normalized spacial score (nSPS) is 21.9. The third kappa shape index (κ3) is 4.66. The highest BCUT2D eigenvalue weighted by atomic mass is 32.2. The lowest BCUT2D eigenvalue weighted by molar-refractivity contribution is -0.121. The molecule has 8 nitrogen and oxygen atoms in total. The number of hydrogen-bond acceptors (Lipinski definition) is 6. The highest BCUT2D eigenvalue weighted by molar-refractivity contribution is 7.91. The van der Waals surface area contributed by atoms with Crippen molar-refractivity contribution in [1.82, 2.24) is 10.3 Å². The Balaban J connectivity index is 1.40. The van der Waals surface area contributed by atoms with Gasteiger partial charge in [-0.25, -0.2) is 13.4 Å². The van der Waals surface area contributed by atoms with Crippen molar-refractivity contribution in [2.75, 3.05) is 23.0 Å². The van der Waals surface area contributed by atoms with E-state index >= 15 is 0 Å². The molecule has 5 rings (SSSR count). The summed E-state index contributed by atoms with van der Waals surface area (Å²) in [5.74, 6) is 1.53. The molecule has 2 aromatic rings. The van der Waals surface area contributed by atoms with E-state index in [0.29, 0.717) is 48.2 Å². The summed E-state index contributed by atoms with van der Waals surface area (Å²) in [6.45, 7) is 6.24. The van der Waals surface area contributed by atoms with Gasteiger partial charge in [0.1, 0.15) is 21.4 Å². The topological polar surface area (TPSA) is 106 Å². The predicted octanol–water partition coefficient (Wildman–Crippen LogP) is 3.52. The van der Waals surface area contributed by atoms with E-state index in [4.69, 9.17) is 4.74 Å². The van der Waals surface area contributed by atoms with Gasteiger partial charge in [0.2, 0.25) is 5.91 Å². The van der Waals surface area contributed by atoms with Gasteiger partial charge >= 0.3 is 0 Å². The molecule has 2 fully saturated rings. The smallest absolute Gasteiger partial charge is 0.251 e. The highest BCUT2D eigenvalue weighted by Gasteiger charge is 2.45. The van der Waals surface area contributed by atoms with Crippen molar-refractivity contribution in [3.8, 4) is 5.75 Å². The fraction of sp³-hybridized carbons (Fsp3) is 0.500. The van der Waals surface area contributed by atoms with Crippen LogP contribution in [0.3, 0.4) is 0 Å². The zero-order valence-corrected chi connectivity index (χ0v) is 21.2. The summed E-state index contributed by atoms with van der Waals surface area (Å²) in [7, 11) is -3.03. The first-order valence-electron chi connectivity index (χ1n) is 12.1. The number of ether oxygens (including phenoxy) is 1. The van der Waals surface area contributed by atoms with Crippen LogP contribution in [-0.4, -0.2) is 48.9 Å². The molecule has 3 heterocycles. The monoisotopic (exact) mass is 497 g/mol. The molecule has 2 amide bonds. The van der Waals surface area contributed by atoms with Crippen LogP contribution in [0.2, 0.25) is 0 Å². The van der Waals surface area contributed by atoms with E-state index in [1.807, 2.05) is 20.8 Å². The number of hydrogen-bond donors (Lipinski definition) is 1. The van der Waals surface area contributed by atoms with Gasteiger partial charge < -0.3 is 10.1 Å². The lowest BCUT2D eigenvalue weighted by Crippen LogP contribution is -2.50. The Hall–Kier alpha value is -2.94. The lowest BCUT2D eigenvalue weighted by Gasteiger charge is -2.34. The number of rotatable bonds is 6. The minimum Gasteiger partial charge on any atom is -0.493 e. The number of fused-ring (bicyclic) bond motifs is 1. The number of aromatic nitrogens is 1. The number of nitrogens with one attached hydrogen (secondary N) is 1. The van der Waals surface area contributed by atoms with Crippen LogP contribution in [0.5, 0.6) is 5.75 Å². The maximum absolute atomic E-state index is 13.5. The summed E-state index contributed by atoms with van der Waals surface area (Å²) in [5.41, 5.74) is 0.455. The van der Waals surface area contributed by atoms with Gasteiger partial charge in [-0.3, -0.25) is 14.5 Å². The number of pyridine rings is 1. The first-order chi connectivity index (χ1) is 16.5. The maximum Gasteiger partial charge on any atom is 0.251 e. The van der Waals surface area contributed by atoms with Gasteiger partial charge in [-0.15, -0.1) is 0 Å². The van der Waals surface area contributed by atoms with E-state index < -0.39 is 20.8 Å². The number of nitrogens with zero attached hydrogens (tertiary/aromatic N) is 2. The molecular formula is C26H31N3O5S. The number of anilines is 2. The standard InChI is InChI=1S/C26H31N3O5S/c1-25(2)20-14-18(23(30)28-26(3)9-12-35(32,33)13-10-26)6-7-21(20)29(24(25)31)22-15-19(8-11-27-22)34-16-17-4-5-17/h6-8,11,14-15,17H,4-5,9-10,12-13,16H2,1-3H3,(H,28,30). The fourth-order valence-electron chi connectivity index (χ4n) is 4.67. The van der Waals surface area contributed by atoms with Crippen molar-refractivity contribution in [2.45, 2.75) is 57.4 Å². The molecule has 1 saturated carbocycles. The Morgan fingerprint density at radius 3 is 2.54 bits per heavy atom. The van der Waals surface area contributed by atoms with Gasteiger partial charge in [-0.2, -0.15) is 0 Å². The predicted molar refractivity (Wildman–Crippen MR) is 133 cm³/mol. The lowest BCUT2D eigenvalue weighted by atomic mass is 9.85. The van der Waals surface area contributed by atoms with E-state index in [1.165, 1.54) is 12.8 Å². The Labute approximate surface area is 206 Å². The van der Waals surface area contributed by atoms with Crippen LogP contribution in [0.25, 0.3) is 0 Å². The zero-order chi connectivity index (χ0) is 25.0. The van der Waals surface area contributed by atoms with Crippen LogP contribution in [0.15, 0.2) is 36.5 Å². The fourth-order valence-corrected chi connectivity index (χ4v) is 6.40. The summed E-state index contributed by atoms with van der Waals surface area (Å²) < 4.78 is 29.5. The van der Waals surface area contributed by atoms with E-state index in [1.54, 1.807) is 41.4 Å². The Bertz CT molecular complexity index is 1290. The third-order valence-electron chi connectivity index (χ3n) is 7.38. The van der Waals surface area contributed by atoms with Gasteiger partial charge in [0.15, 0.2) is 0 Å². The molecule has 1 aromatic carbocycles. The summed E-state index contributed by atoms with van der Waals surface area (Å²) in [5, 5.41) is 3.03. The Kier molecular flexibility index (Phi) is 5.66. The van der Waals surface area contributed by atoms with Crippen molar-refractivity contribution < 1.29 is 22.7 Å². The average Bonchev–Trinajstić information content (AvgIpc) is 3.62. The van der Waals surface area contributed by atoms with Gasteiger partial charge in [0.05, 0.1) is 29.2 Å². The Morgan fingerprint density at radius 2 is 1.86 bits per heavy atom. The van der Waals surface area contributed by atoms with Crippen LogP contribution >= 0.6 is 0 Å². The molecule has 0 spiro atoms. The molecular weight excluding hydrogens is 466 g/mol. The van der Waals surface area contributed by atoms with Crippen LogP contribution < -0.4 is 15.0 Å². The van der Waals surface area contributed by atoms with Crippen molar-refractivity contribution in [2.24, 2.45) is 5.92 Å². The molecule has 1 saturated heterocycles. The number of amides is 2. The molecule has 1 aliphatic carbocycles. The highest BCUT2D eigenvalue weighted by Crippen LogP contribution is 2.45. The van der Waals surface area contributed by atoms with E-state index in [0.717, 1.165) is 5.56 Å². The first kappa shape index (κ1) is 23.8. The molecule has 3 aliphatic rings. The number of sulfone groups is 1. The molecule has 0 atom stereocenters. The molecule has 2 aliphatic heterocycles. The second-order valence-electron chi connectivity index (χ2n) is 10.8. The molecule has 1 N–H and O–H groups in total.